The van der Waals surface area contributed by atoms with Crippen LogP contribution in [0.15, 0.2) is 66.1 Å². The number of benzene rings is 2. The Morgan fingerprint density at radius 3 is 2.73 bits per heavy atom. The van der Waals surface area contributed by atoms with Crippen LogP contribution in [0.3, 0.4) is 0 Å². The van der Waals surface area contributed by atoms with Crippen LogP contribution in [0.5, 0.6) is 11.5 Å². The highest BCUT2D eigenvalue weighted by atomic mass is 35.5. The topological polar surface area (TPSA) is 56.2 Å². The summed E-state index contributed by atoms with van der Waals surface area (Å²) in [4.78, 5) is 16.4. The van der Waals surface area contributed by atoms with Gasteiger partial charge >= 0.3 is 0 Å². The summed E-state index contributed by atoms with van der Waals surface area (Å²) in [6, 6.07) is 14.4. The van der Waals surface area contributed by atoms with E-state index >= 15 is 0 Å². The van der Waals surface area contributed by atoms with Crippen LogP contribution in [-0.2, 0) is 11.3 Å². The molecule has 1 aromatic heterocycles. The van der Waals surface area contributed by atoms with Crippen molar-refractivity contribution in [2.75, 3.05) is 11.1 Å². The summed E-state index contributed by atoms with van der Waals surface area (Å²) >= 11 is 7.49. The first-order chi connectivity index (χ1) is 12.7. The van der Waals surface area contributed by atoms with Crippen molar-refractivity contribution >= 4 is 35.0 Å². The number of nitrogens with zero attached hydrogens (tertiary/aromatic N) is 2. The maximum Gasteiger partial charge on any atom is 0.234 e. The first-order valence-electron chi connectivity index (χ1n) is 8.12. The van der Waals surface area contributed by atoms with Gasteiger partial charge < -0.3 is 14.6 Å². The quantitative estimate of drug-likeness (QED) is 0.574. The van der Waals surface area contributed by atoms with Gasteiger partial charge in [-0.05, 0) is 43.3 Å². The van der Waals surface area contributed by atoms with Crippen molar-refractivity contribution in [2.45, 2.75) is 18.6 Å². The molecule has 1 amide bonds. The number of carbonyl (C=O) groups is 1. The lowest BCUT2D eigenvalue weighted by molar-refractivity contribution is -0.113. The van der Waals surface area contributed by atoms with Crippen LogP contribution in [0.1, 0.15) is 6.92 Å². The number of amides is 1. The van der Waals surface area contributed by atoms with Crippen molar-refractivity contribution in [3.05, 3.63) is 65.9 Å². The lowest BCUT2D eigenvalue weighted by atomic mass is 10.3. The van der Waals surface area contributed by atoms with Gasteiger partial charge in [0.15, 0.2) is 5.16 Å². The van der Waals surface area contributed by atoms with Gasteiger partial charge in [0.1, 0.15) is 11.5 Å². The first kappa shape index (κ1) is 18.4. The van der Waals surface area contributed by atoms with Gasteiger partial charge in [0.05, 0.1) is 10.8 Å². The second-order valence-electron chi connectivity index (χ2n) is 5.39. The maximum absolute atomic E-state index is 12.1. The standard InChI is InChI=1S/C19H18ClN3O2S/c1-2-23-12-11-21-19(23)26-13-18(24)22-14-7-9-15(10-8-14)25-17-6-4-3-5-16(17)20/h3-12H,2,13H2,1H3,(H,22,24). The lowest BCUT2D eigenvalue weighted by Crippen LogP contribution is -2.14. The number of carbonyl (C=O) groups excluding carboxylic acids is 1. The van der Waals surface area contributed by atoms with Crippen LogP contribution in [-0.4, -0.2) is 21.2 Å². The Balaban J connectivity index is 1.54. The number of hydrogen-bond donors (Lipinski definition) is 1. The molecule has 0 saturated heterocycles. The number of halogens is 1. The zero-order valence-corrected chi connectivity index (χ0v) is 15.8. The Morgan fingerprint density at radius 2 is 2.00 bits per heavy atom. The highest BCUT2D eigenvalue weighted by Gasteiger charge is 2.08. The molecule has 26 heavy (non-hydrogen) atoms. The molecule has 2 aromatic carbocycles. The number of rotatable bonds is 7. The molecule has 0 bridgehead atoms. The van der Waals surface area contributed by atoms with E-state index in [0.29, 0.717) is 28.0 Å². The van der Waals surface area contributed by atoms with Gasteiger partial charge in [0, 0.05) is 24.6 Å². The fourth-order valence-corrected chi connectivity index (χ4v) is 3.26. The number of aryl methyl sites for hydroxylation is 1. The first-order valence-corrected chi connectivity index (χ1v) is 9.48. The summed E-state index contributed by atoms with van der Waals surface area (Å²) in [5.74, 6) is 1.46. The molecule has 3 rings (SSSR count). The van der Waals surface area contributed by atoms with E-state index in [1.54, 1.807) is 42.6 Å². The molecule has 0 unspecified atom stereocenters. The molecule has 0 radical (unpaired) electrons. The molecular formula is C19H18ClN3O2S. The summed E-state index contributed by atoms with van der Waals surface area (Å²) in [5, 5.41) is 4.25. The van der Waals surface area contributed by atoms with E-state index in [1.807, 2.05) is 29.8 Å². The SMILES string of the molecule is CCn1ccnc1SCC(=O)Nc1ccc(Oc2ccccc2Cl)cc1. The van der Waals surface area contributed by atoms with Gasteiger partial charge in [0.2, 0.25) is 5.91 Å². The predicted molar refractivity (Wildman–Crippen MR) is 105 cm³/mol. The molecule has 7 heteroatoms. The van der Waals surface area contributed by atoms with Crippen LogP contribution in [0, 0.1) is 0 Å². The summed E-state index contributed by atoms with van der Waals surface area (Å²) < 4.78 is 7.73. The fraction of sp³-hybridized carbons (Fsp3) is 0.158. The molecule has 1 N–H and O–H groups in total. The average Bonchev–Trinajstić information content (AvgIpc) is 3.11. The Morgan fingerprint density at radius 1 is 1.23 bits per heavy atom. The van der Waals surface area contributed by atoms with Crippen molar-refractivity contribution in [1.82, 2.24) is 9.55 Å². The molecule has 3 aromatic rings. The van der Waals surface area contributed by atoms with Gasteiger partial charge in [-0.15, -0.1) is 0 Å². The van der Waals surface area contributed by atoms with E-state index in [-0.39, 0.29) is 5.91 Å². The highest BCUT2D eigenvalue weighted by molar-refractivity contribution is 7.99. The Hall–Kier alpha value is -2.44. The van der Waals surface area contributed by atoms with Crippen molar-refractivity contribution in [3.8, 4) is 11.5 Å². The van der Waals surface area contributed by atoms with E-state index in [0.717, 1.165) is 11.7 Å². The molecule has 0 aliphatic heterocycles. The highest BCUT2D eigenvalue weighted by Crippen LogP contribution is 2.29. The minimum absolute atomic E-state index is 0.0829. The Kier molecular flexibility index (Phi) is 6.20. The Labute approximate surface area is 161 Å². The number of hydrogen-bond acceptors (Lipinski definition) is 4. The minimum Gasteiger partial charge on any atom is -0.456 e. The minimum atomic E-state index is -0.0829. The van der Waals surface area contributed by atoms with E-state index in [2.05, 4.69) is 10.3 Å². The molecule has 1 heterocycles. The van der Waals surface area contributed by atoms with Crippen molar-refractivity contribution in [1.29, 1.82) is 0 Å². The smallest absolute Gasteiger partial charge is 0.234 e. The van der Waals surface area contributed by atoms with Crippen LogP contribution >= 0.6 is 23.4 Å². The normalized spacial score (nSPS) is 10.5. The Bertz CT molecular complexity index is 881. The zero-order chi connectivity index (χ0) is 18.4. The van der Waals surface area contributed by atoms with Crippen molar-refractivity contribution in [2.24, 2.45) is 0 Å². The van der Waals surface area contributed by atoms with Gasteiger partial charge in [0.25, 0.3) is 0 Å². The van der Waals surface area contributed by atoms with E-state index in [9.17, 15) is 4.79 Å². The second kappa shape index (κ2) is 8.78. The largest absolute Gasteiger partial charge is 0.456 e. The third-order valence-electron chi connectivity index (χ3n) is 3.55. The van der Waals surface area contributed by atoms with E-state index in [1.165, 1.54) is 11.8 Å². The lowest BCUT2D eigenvalue weighted by Gasteiger charge is -2.09. The van der Waals surface area contributed by atoms with Gasteiger partial charge in [-0.1, -0.05) is 35.5 Å². The molecule has 134 valence electrons. The third kappa shape index (κ3) is 4.80. The monoisotopic (exact) mass is 387 g/mol. The number of para-hydroxylation sites is 1. The number of nitrogens with one attached hydrogen (secondary N) is 1. The molecule has 0 aliphatic carbocycles. The zero-order valence-electron chi connectivity index (χ0n) is 14.2. The van der Waals surface area contributed by atoms with Crippen LogP contribution < -0.4 is 10.1 Å². The van der Waals surface area contributed by atoms with Crippen molar-refractivity contribution < 1.29 is 9.53 Å². The number of ether oxygens (including phenoxy) is 1. The van der Waals surface area contributed by atoms with Gasteiger partial charge in [-0.3, -0.25) is 4.79 Å². The van der Waals surface area contributed by atoms with Gasteiger partial charge in [-0.2, -0.15) is 0 Å². The fourth-order valence-electron chi connectivity index (χ4n) is 2.26. The van der Waals surface area contributed by atoms with Crippen molar-refractivity contribution in [3.63, 3.8) is 0 Å². The average molecular weight is 388 g/mol. The molecule has 0 saturated carbocycles. The van der Waals surface area contributed by atoms with E-state index < -0.39 is 0 Å². The molecular weight excluding hydrogens is 370 g/mol. The second-order valence-corrected chi connectivity index (χ2v) is 6.74. The maximum atomic E-state index is 12.1. The molecule has 5 nitrogen and oxygen atoms in total. The van der Waals surface area contributed by atoms with Crippen LogP contribution in [0.25, 0.3) is 0 Å². The number of anilines is 1. The predicted octanol–water partition coefficient (Wildman–Crippen LogP) is 5.08. The van der Waals surface area contributed by atoms with Crippen LogP contribution in [0.4, 0.5) is 5.69 Å². The van der Waals surface area contributed by atoms with E-state index in [4.69, 9.17) is 16.3 Å². The number of thioether (sulfide) groups is 1. The molecule has 0 fully saturated rings. The molecule has 0 aliphatic rings. The summed E-state index contributed by atoms with van der Waals surface area (Å²) in [6.07, 6.45) is 3.64. The molecule has 0 spiro atoms. The van der Waals surface area contributed by atoms with Crippen LogP contribution in [0.2, 0.25) is 5.02 Å². The summed E-state index contributed by atoms with van der Waals surface area (Å²) in [6.45, 7) is 2.87. The number of aromatic nitrogens is 2. The molecule has 0 atom stereocenters. The summed E-state index contributed by atoms with van der Waals surface area (Å²) in [7, 11) is 0. The number of imidazole rings is 1. The third-order valence-corrected chi connectivity index (χ3v) is 4.87. The summed E-state index contributed by atoms with van der Waals surface area (Å²) in [5.41, 5.74) is 0.709. The van der Waals surface area contributed by atoms with Gasteiger partial charge in [-0.25, -0.2) is 4.98 Å².